The molecule has 0 aromatic heterocycles. The lowest BCUT2D eigenvalue weighted by Gasteiger charge is -2.23. The summed E-state index contributed by atoms with van der Waals surface area (Å²) in [7, 11) is -0.940. The van der Waals surface area contributed by atoms with E-state index in [1.54, 1.807) is 6.08 Å². The standard InChI is InChI=1S/C20H29NO6S/c1-4-5-6-11-21(2)28(23,24)17-7-8-19(18(14-17)20(22)25-3)27-15-16-9-12-26-13-10-16/h4,7-8,14,16H,1,5-6,9-13,15H2,2-3H3. The van der Waals surface area contributed by atoms with E-state index in [4.69, 9.17) is 14.2 Å². The Hall–Kier alpha value is -1.90. The van der Waals surface area contributed by atoms with Crippen molar-refractivity contribution in [2.24, 2.45) is 5.92 Å². The zero-order valence-corrected chi connectivity index (χ0v) is 17.4. The van der Waals surface area contributed by atoms with Gasteiger partial charge < -0.3 is 14.2 Å². The Bertz CT molecular complexity index is 771. The Balaban J connectivity index is 2.20. The van der Waals surface area contributed by atoms with Gasteiger partial charge >= 0.3 is 5.97 Å². The third-order valence-corrected chi connectivity index (χ3v) is 6.61. The molecule has 0 unspecified atom stereocenters. The third-order valence-electron chi connectivity index (χ3n) is 4.76. The summed E-state index contributed by atoms with van der Waals surface area (Å²) in [6, 6.07) is 4.31. The molecular formula is C20H29NO6S. The molecule has 1 fully saturated rings. The first-order chi connectivity index (χ1) is 13.4. The largest absolute Gasteiger partial charge is 0.492 e. The number of hydrogen-bond donors (Lipinski definition) is 0. The van der Waals surface area contributed by atoms with Crippen LogP contribution in [0, 0.1) is 5.92 Å². The number of unbranched alkanes of at least 4 members (excludes halogenated alkanes) is 1. The van der Waals surface area contributed by atoms with Crippen LogP contribution in [-0.4, -0.2) is 59.2 Å². The van der Waals surface area contributed by atoms with Crippen LogP contribution < -0.4 is 4.74 Å². The predicted molar refractivity (Wildman–Crippen MR) is 106 cm³/mol. The number of ether oxygens (including phenoxy) is 3. The molecule has 0 N–H and O–H groups in total. The van der Waals surface area contributed by atoms with Crippen LogP contribution in [0.15, 0.2) is 35.7 Å². The lowest BCUT2D eigenvalue weighted by atomic mass is 10.0. The third kappa shape index (κ3) is 5.80. The van der Waals surface area contributed by atoms with Gasteiger partial charge in [-0.25, -0.2) is 17.5 Å². The molecule has 28 heavy (non-hydrogen) atoms. The van der Waals surface area contributed by atoms with Gasteiger partial charge in [0.2, 0.25) is 10.0 Å². The molecule has 0 bridgehead atoms. The maximum absolute atomic E-state index is 12.8. The van der Waals surface area contributed by atoms with E-state index >= 15 is 0 Å². The molecule has 1 heterocycles. The second-order valence-corrected chi connectivity index (χ2v) is 8.82. The van der Waals surface area contributed by atoms with Crippen LogP contribution in [0.3, 0.4) is 0 Å². The van der Waals surface area contributed by atoms with Crippen LogP contribution in [0.1, 0.15) is 36.0 Å². The average molecular weight is 412 g/mol. The summed E-state index contributed by atoms with van der Waals surface area (Å²) in [4.78, 5) is 12.2. The van der Waals surface area contributed by atoms with Gasteiger partial charge in [0.25, 0.3) is 0 Å². The monoisotopic (exact) mass is 411 g/mol. The Labute approximate surface area is 167 Å². The molecule has 1 aromatic rings. The quantitative estimate of drug-likeness (QED) is 0.334. The van der Waals surface area contributed by atoms with Gasteiger partial charge in [0.15, 0.2) is 0 Å². The number of carbonyl (C=O) groups excluding carboxylic acids is 1. The van der Waals surface area contributed by atoms with Gasteiger partial charge in [-0.2, -0.15) is 0 Å². The molecule has 1 aromatic carbocycles. The van der Waals surface area contributed by atoms with Gasteiger partial charge in [0.1, 0.15) is 11.3 Å². The highest BCUT2D eigenvalue weighted by Crippen LogP contribution is 2.27. The van der Waals surface area contributed by atoms with Crippen molar-refractivity contribution in [1.29, 1.82) is 0 Å². The van der Waals surface area contributed by atoms with Crippen molar-refractivity contribution in [1.82, 2.24) is 4.31 Å². The summed E-state index contributed by atoms with van der Waals surface area (Å²) >= 11 is 0. The van der Waals surface area contributed by atoms with Gasteiger partial charge in [-0.3, -0.25) is 0 Å². The number of nitrogens with zero attached hydrogens (tertiary/aromatic N) is 1. The number of rotatable bonds is 10. The molecule has 156 valence electrons. The first kappa shape index (κ1) is 22.4. The molecule has 1 aliphatic heterocycles. The van der Waals surface area contributed by atoms with E-state index in [2.05, 4.69) is 6.58 Å². The van der Waals surface area contributed by atoms with Crippen LogP contribution in [-0.2, 0) is 19.5 Å². The number of methoxy groups -OCH3 is 1. The van der Waals surface area contributed by atoms with Gasteiger partial charge in [-0.15, -0.1) is 6.58 Å². The van der Waals surface area contributed by atoms with Crippen LogP contribution in [0.25, 0.3) is 0 Å². The summed E-state index contributed by atoms with van der Waals surface area (Å²) in [5, 5.41) is 0. The molecule has 0 saturated carbocycles. The molecular weight excluding hydrogens is 382 g/mol. The minimum atomic E-state index is -3.72. The second-order valence-electron chi connectivity index (χ2n) is 6.77. The molecule has 1 aliphatic rings. The number of allylic oxidation sites excluding steroid dienone is 1. The summed E-state index contributed by atoms with van der Waals surface area (Å²) in [6.07, 6.45) is 4.95. The zero-order chi connectivity index (χ0) is 20.6. The van der Waals surface area contributed by atoms with Crippen LogP contribution in [0.4, 0.5) is 0 Å². The van der Waals surface area contributed by atoms with Crippen molar-refractivity contribution in [2.75, 3.05) is 40.5 Å². The number of esters is 1. The molecule has 0 amide bonds. The molecule has 8 heteroatoms. The number of carbonyl (C=O) groups is 1. The summed E-state index contributed by atoms with van der Waals surface area (Å²) < 4.78 is 42.9. The highest BCUT2D eigenvalue weighted by Gasteiger charge is 2.24. The van der Waals surface area contributed by atoms with E-state index in [1.165, 1.54) is 36.7 Å². The van der Waals surface area contributed by atoms with Crippen LogP contribution in [0.2, 0.25) is 0 Å². The Morgan fingerprint density at radius 3 is 2.71 bits per heavy atom. The highest BCUT2D eigenvalue weighted by atomic mass is 32.2. The van der Waals surface area contributed by atoms with Crippen molar-refractivity contribution in [3.63, 3.8) is 0 Å². The topological polar surface area (TPSA) is 82.1 Å². The predicted octanol–water partition coefficient (Wildman–Crippen LogP) is 2.87. The zero-order valence-electron chi connectivity index (χ0n) is 16.6. The first-order valence-corrected chi connectivity index (χ1v) is 10.8. The second kappa shape index (κ2) is 10.6. The van der Waals surface area contributed by atoms with E-state index in [0.717, 1.165) is 19.3 Å². The molecule has 7 nitrogen and oxygen atoms in total. The van der Waals surface area contributed by atoms with Gasteiger partial charge in [-0.1, -0.05) is 6.08 Å². The lowest BCUT2D eigenvalue weighted by Crippen LogP contribution is -2.28. The van der Waals surface area contributed by atoms with E-state index in [1.807, 2.05) is 0 Å². The van der Waals surface area contributed by atoms with Gasteiger partial charge in [-0.05, 0) is 49.8 Å². The molecule has 1 saturated heterocycles. The molecule has 0 aliphatic carbocycles. The summed E-state index contributed by atoms with van der Waals surface area (Å²) in [5.74, 6) is 0.0404. The van der Waals surface area contributed by atoms with E-state index in [0.29, 0.717) is 44.5 Å². The molecule has 2 rings (SSSR count). The Kier molecular flexibility index (Phi) is 8.47. The fourth-order valence-corrected chi connectivity index (χ4v) is 4.18. The van der Waals surface area contributed by atoms with Crippen molar-refractivity contribution in [2.45, 2.75) is 30.6 Å². The minimum absolute atomic E-state index is 0.0346. The van der Waals surface area contributed by atoms with Crippen LogP contribution in [0.5, 0.6) is 5.75 Å². The fraction of sp³-hybridized carbons (Fsp3) is 0.550. The summed E-state index contributed by atoms with van der Waals surface area (Å²) in [6.45, 7) is 5.85. The Morgan fingerprint density at radius 1 is 1.36 bits per heavy atom. The summed E-state index contributed by atoms with van der Waals surface area (Å²) in [5.41, 5.74) is 0.107. The molecule has 0 atom stereocenters. The van der Waals surface area contributed by atoms with Crippen molar-refractivity contribution < 1.29 is 27.4 Å². The van der Waals surface area contributed by atoms with Gasteiger partial charge in [0, 0.05) is 26.8 Å². The number of hydrogen-bond acceptors (Lipinski definition) is 6. The average Bonchev–Trinajstić information content (AvgIpc) is 2.72. The van der Waals surface area contributed by atoms with E-state index in [9.17, 15) is 13.2 Å². The molecule has 0 spiro atoms. The smallest absolute Gasteiger partial charge is 0.341 e. The van der Waals surface area contributed by atoms with E-state index < -0.39 is 16.0 Å². The Morgan fingerprint density at radius 2 is 2.07 bits per heavy atom. The van der Waals surface area contributed by atoms with Crippen molar-refractivity contribution in [3.05, 3.63) is 36.4 Å². The number of sulfonamides is 1. The molecule has 0 radical (unpaired) electrons. The highest BCUT2D eigenvalue weighted by molar-refractivity contribution is 7.89. The SMILES string of the molecule is C=CCCCN(C)S(=O)(=O)c1ccc(OCC2CCOCC2)c(C(=O)OC)c1. The van der Waals surface area contributed by atoms with Gasteiger partial charge in [0.05, 0.1) is 18.6 Å². The maximum Gasteiger partial charge on any atom is 0.341 e. The van der Waals surface area contributed by atoms with Crippen LogP contribution >= 0.6 is 0 Å². The number of benzene rings is 1. The first-order valence-electron chi connectivity index (χ1n) is 9.40. The lowest BCUT2D eigenvalue weighted by molar-refractivity contribution is 0.0483. The van der Waals surface area contributed by atoms with E-state index in [-0.39, 0.29) is 10.5 Å². The minimum Gasteiger partial charge on any atom is -0.492 e. The van der Waals surface area contributed by atoms with Crippen molar-refractivity contribution >= 4 is 16.0 Å². The normalized spacial score (nSPS) is 15.4. The van der Waals surface area contributed by atoms with Crippen molar-refractivity contribution in [3.8, 4) is 5.75 Å². The maximum atomic E-state index is 12.8. The fourth-order valence-electron chi connectivity index (χ4n) is 2.94.